The van der Waals surface area contributed by atoms with Gasteiger partial charge in [-0.2, -0.15) is 13.2 Å². The number of carboxylic acids is 1. The van der Waals surface area contributed by atoms with Crippen molar-refractivity contribution in [2.24, 2.45) is 0 Å². The van der Waals surface area contributed by atoms with Gasteiger partial charge in [0.1, 0.15) is 19.0 Å². The van der Waals surface area contributed by atoms with Crippen molar-refractivity contribution in [3.63, 3.8) is 0 Å². The van der Waals surface area contributed by atoms with Crippen molar-refractivity contribution in [2.75, 3.05) is 25.6 Å². The molecule has 1 aromatic carbocycles. The molecular weight excluding hydrogens is 295 g/mol. The Hall–Kier alpha value is -2.29. The quantitative estimate of drug-likeness (QED) is 0.838. The zero-order chi connectivity index (χ0) is 16.0. The lowest BCUT2D eigenvalue weighted by Crippen LogP contribution is -2.24. The molecule has 1 rings (SSSR count). The number of alkyl halides is 3. The van der Waals surface area contributed by atoms with E-state index in [2.05, 4.69) is 10.1 Å². The second kappa shape index (κ2) is 6.93. The largest absolute Gasteiger partial charge is 0.495 e. The van der Waals surface area contributed by atoms with Crippen LogP contribution in [0.3, 0.4) is 0 Å². The average molecular weight is 307 g/mol. The van der Waals surface area contributed by atoms with Gasteiger partial charge in [0.05, 0.1) is 18.4 Å². The summed E-state index contributed by atoms with van der Waals surface area (Å²) in [6.07, 6.45) is -4.53. The molecule has 21 heavy (non-hydrogen) atoms. The highest BCUT2D eigenvalue weighted by molar-refractivity contribution is 5.96. The minimum atomic E-state index is -4.53. The Morgan fingerprint density at radius 1 is 1.33 bits per heavy atom. The van der Waals surface area contributed by atoms with E-state index in [0.717, 1.165) is 6.07 Å². The molecule has 0 spiro atoms. The van der Waals surface area contributed by atoms with Crippen molar-refractivity contribution in [1.29, 1.82) is 0 Å². The van der Waals surface area contributed by atoms with Gasteiger partial charge in [-0.1, -0.05) is 0 Å². The summed E-state index contributed by atoms with van der Waals surface area (Å²) < 4.78 is 44.7. The molecule has 0 bridgehead atoms. The van der Waals surface area contributed by atoms with Gasteiger partial charge in [0.25, 0.3) is 0 Å². The number of benzene rings is 1. The summed E-state index contributed by atoms with van der Waals surface area (Å²) in [6.45, 7) is -2.37. The number of hydrogen-bond donors (Lipinski definition) is 2. The molecule has 1 aromatic rings. The van der Waals surface area contributed by atoms with E-state index < -0.39 is 31.3 Å². The van der Waals surface area contributed by atoms with Crippen molar-refractivity contribution in [1.82, 2.24) is 0 Å². The Labute approximate surface area is 117 Å². The highest BCUT2D eigenvalue weighted by atomic mass is 19.4. The molecule has 0 unspecified atom stereocenters. The van der Waals surface area contributed by atoms with Crippen LogP contribution in [-0.2, 0) is 9.53 Å². The number of carbonyl (C=O) groups excluding carboxylic acids is 1. The van der Waals surface area contributed by atoms with Crippen LogP contribution in [0.2, 0.25) is 0 Å². The Morgan fingerprint density at radius 3 is 2.52 bits per heavy atom. The summed E-state index contributed by atoms with van der Waals surface area (Å²) in [6, 6.07) is 3.70. The van der Waals surface area contributed by atoms with Crippen LogP contribution in [0.25, 0.3) is 0 Å². The molecule has 0 saturated heterocycles. The molecule has 0 heterocycles. The molecule has 0 atom stereocenters. The van der Waals surface area contributed by atoms with E-state index in [4.69, 9.17) is 9.84 Å². The van der Waals surface area contributed by atoms with Crippen LogP contribution in [0, 0.1) is 0 Å². The topological polar surface area (TPSA) is 84.9 Å². The molecule has 0 aliphatic carbocycles. The number of anilines is 1. The van der Waals surface area contributed by atoms with E-state index in [1.807, 2.05) is 0 Å². The van der Waals surface area contributed by atoms with Crippen LogP contribution in [0.5, 0.6) is 5.75 Å². The summed E-state index contributed by atoms with van der Waals surface area (Å²) in [5.74, 6) is -1.91. The molecule has 1 amide bonds. The fourth-order valence-electron chi connectivity index (χ4n) is 1.38. The summed E-state index contributed by atoms with van der Waals surface area (Å²) in [5, 5.41) is 11.1. The van der Waals surface area contributed by atoms with Crippen LogP contribution in [0.4, 0.5) is 18.9 Å². The maximum atomic E-state index is 11.9. The lowest BCUT2D eigenvalue weighted by atomic mass is 10.2. The van der Waals surface area contributed by atoms with Crippen LogP contribution in [-0.4, -0.2) is 43.5 Å². The van der Waals surface area contributed by atoms with Crippen molar-refractivity contribution in [3.05, 3.63) is 23.8 Å². The zero-order valence-corrected chi connectivity index (χ0v) is 10.9. The van der Waals surface area contributed by atoms with Gasteiger partial charge in [-0.25, -0.2) is 4.79 Å². The van der Waals surface area contributed by atoms with Gasteiger partial charge in [0, 0.05) is 0 Å². The monoisotopic (exact) mass is 307 g/mol. The van der Waals surface area contributed by atoms with Crippen LogP contribution in [0.1, 0.15) is 10.4 Å². The van der Waals surface area contributed by atoms with Gasteiger partial charge in [0.2, 0.25) is 5.91 Å². The highest BCUT2D eigenvalue weighted by Gasteiger charge is 2.27. The van der Waals surface area contributed by atoms with Gasteiger partial charge >= 0.3 is 12.1 Å². The van der Waals surface area contributed by atoms with Crippen LogP contribution in [0.15, 0.2) is 18.2 Å². The molecule has 0 aliphatic rings. The number of carboxylic acid groups (broad SMARTS) is 1. The maximum absolute atomic E-state index is 11.9. The molecule has 0 fully saturated rings. The van der Waals surface area contributed by atoms with E-state index in [9.17, 15) is 22.8 Å². The summed E-state index contributed by atoms with van der Waals surface area (Å²) in [5.41, 5.74) is -0.0830. The molecule has 0 radical (unpaired) electrons. The first-order valence-electron chi connectivity index (χ1n) is 5.58. The van der Waals surface area contributed by atoms with E-state index >= 15 is 0 Å². The Kier molecular flexibility index (Phi) is 5.53. The second-order valence-corrected chi connectivity index (χ2v) is 3.88. The number of methoxy groups -OCH3 is 1. The Morgan fingerprint density at radius 2 is 2.00 bits per heavy atom. The first-order chi connectivity index (χ1) is 9.73. The van der Waals surface area contributed by atoms with Gasteiger partial charge < -0.3 is 19.9 Å². The van der Waals surface area contributed by atoms with Gasteiger partial charge in [0.15, 0.2) is 0 Å². The first-order valence-corrected chi connectivity index (χ1v) is 5.58. The van der Waals surface area contributed by atoms with Gasteiger partial charge in [-0.05, 0) is 18.2 Å². The number of hydrogen-bond acceptors (Lipinski definition) is 4. The Balaban J connectivity index is 2.70. The normalized spacial score (nSPS) is 11.0. The molecule has 116 valence electrons. The van der Waals surface area contributed by atoms with E-state index in [-0.39, 0.29) is 17.0 Å². The number of halogens is 3. The zero-order valence-electron chi connectivity index (χ0n) is 10.9. The standard InChI is InChI=1S/C12H12F3NO5/c1-20-9-3-2-7(11(18)19)4-8(9)16-10(17)5-21-6-12(13,14)15/h2-4H,5-6H2,1H3,(H,16,17)(H,18,19). The third-order valence-corrected chi connectivity index (χ3v) is 2.22. The summed E-state index contributed by atoms with van der Waals surface area (Å²) in [7, 11) is 1.30. The van der Waals surface area contributed by atoms with Gasteiger partial charge in [-0.15, -0.1) is 0 Å². The SMILES string of the molecule is COc1ccc(C(=O)O)cc1NC(=O)COCC(F)(F)F. The van der Waals surface area contributed by atoms with Crippen LogP contribution < -0.4 is 10.1 Å². The number of nitrogens with one attached hydrogen (secondary N) is 1. The molecule has 0 aliphatic heterocycles. The third-order valence-electron chi connectivity index (χ3n) is 2.22. The average Bonchev–Trinajstić information content (AvgIpc) is 2.36. The van der Waals surface area contributed by atoms with Crippen molar-refractivity contribution >= 4 is 17.6 Å². The first kappa shape index (κ1) is 16.8. The highest BCUT2D eigenvalue weighted by Crippen LogP contribution is 2.25. The minimum absolute atomic E-state index is 0.0259. The predicted octanol–water partition coefficient (Wildman–Crippen LogP) is 1.91. The number of aromatic carboxylic acids is 1. The minimum Gasteiger partial charge on any atom is -0.495 e. The summed E-state index contributed by atoms with van der Waals surface area (Å²) >= 11 is 0. The number of ether oxygens (including phenoxy) is 2. The molecule has 0 saturated carbocycles. The second-order valence-electron chi connectivity index (χ2n) is 3.88. The smallest absolute Gasteiger partial charge is 0.411 e. The number of rotatable bonds is 6. The third kappa shape index (κ3) is 5.69. The molecule has 6 nitrogen and oxygen atoms in total. The van der Waals surface area contributed by atoms with E-state index in [0.29, 0.717) is 0 Å². The number of carbonyl (C=O) groups is 2. The van der Waals surface area contributed by atoms with Crippen molar-refractivity contribution in [2.45, 2.75) is 6.18 Å². The Bertz CT molecular complexity index is 530. The molecule has 2 N–H and O–H groups in total. The lowest BCUT2D eigenvalue weighted by molar-refractivity contribution is -0.174. The van der Waals surface area contributed by atoms with Gasteiger partial charge in [-0.3, -0.25) is 4.79 Å². The summed E-state index contributed by atoms with van der Waals surface area (Å²) in [4.78, 5) is 22.3. The van der Waals surface area contributed by atoms with Crippen LogP contribution >= 0.6 is 0 Å². The predicted molar refractivity (Wildman–Crippen MR) is 65.5 cm³/mol. The van der Waals surface area contributed by atoms with Crippen molar-refractivity contribution < 1.29 is 37.3 Å². The van der Waals surface area contributed by atoms with E-state index in [1.54, 1.807) is 0 Å². The van der Waals surface area contributed by atoms with Crippen molar-refractivity contribution in [3.8, 4) is 5.75 Å². The molecule has 0 aromatic heterocycles. The van der Waals surface area contributed by atoms with E-state index in [1.165, 1.54) is 19.2 Å². The molecule has 9 heteroatoms. The lowest BCUT2D eigenvalue weighted by Gasteiger charge is -2.11. The fourth-order valence-corrected chi connectivity index (χ4v) is 1.38. The molecular formula is C12H12F3NO5. The number of amides is 1. The fraction of sp³-hybridized carbons (Fsp3) is 0.333. The maximum Gasteiger partial charge on any atom is 0.411 e.